The second-order valence-corrected chi connectivity index (χ2v) is 4.16. The molecular weight excluding hydrogens is 208 g/mol. The highest BCUT2D eigenvalue weighted by Crippen LogP contribution is 2.10. The lowest BCUT2D eigenvalue weighted by atomic mass is 10.5. The molecule has 0 spiro atoms. The van der Waals surface area contributed by atoms with Crippen molar-refractivity contribution in [2.75, 3.05) is 13.2 Å². The summed E-state index contributed by atoms with van der Waals surface area (Å²) in [6.07, 6.45) is 2.90. The van der Waals surface area contributed by atoms with E-state index in [2.05, 4.69) is 23.8 Å². The number of hydrogen-bond acceptors (Lipinski definition) is 4. The van der Waals surface area contributed by atoms with E-state index in [1.54, 1.807) is 17.4 Å². The summed E-state index contributed by atoms with van der Waals surface area (Å²) in [5, 5.41) is 6.50. The van der Waals surface area contributed by atoms with Crippen molar-refractivity contribution in [2.45, 2.75) is 26.5 Å². The Morgan fingerprint density at radius 2 is 2.53 bits per heavy atom. The maximum absolute atomic E-state index is 5.31. The van der Waals surface area contributed by atoms with Crippen LogP contribution in [-0.2, 0) is 17.9 Å². The van der Waals surface area contributed by atoms with Gasteiger partial charge in [-0.25, -0.2) is 4.98 Å². The number of ether oxygens (including phenoxy) is 1. The third-order valence-corrected chi connectivity index (χ3v) is 2.69. The molecule has 0 saturated carbocycles. The minimum atomic E-state index is 0.580. The van der Waals surface area contributed by atoms with Crippen LogP contribution in [0.1, 0.15) is 24.0 Å². The lowest BCUT2D eigenvalue weighted by molar-refractivity contribution is 0.146. The average molecular weight is 226 g/mol. The molecule has 0 aromatic carbocycles. The highest BCUT2D eigenvalue weighted by Gasteiger charge is 2.00. The quantitative estimate of drug-likeness (QED) is 0.546. The lowest BCUT2D eigenvalue weighted by Gasteiger charge is -1.98. The molecule has 0 saturated heterocycles. The molecule has 1 aromatic heterocycles. The summed E-state index contributed by atoms with van der Waals surface area (Å²) in [5.41, 5.74) is 1.01. The normalized spacial score (nSPS) is 10.5. The van der Waals surface area contributed by atoms with Gasteiger partial charge in [-0.15, -0.1) is 17.9 Å². The number of thiazole rings is 1. The zero-order valence-corrected chi connectivity index (χ0v) is 9.98. The molecule has 0 aliphatic heterocycles. The van der Waals surface area contributed by atoms with Gasteiger partial charge in [-0.3, -0.25) is 0 Å². The first kappa shape index (κ1) is 12.4. The van der Waals surface area contributed by atoms with Crippen LogP contribution in [0.2, 0.25) is 0 Å². The van der Waals surface area contributed by atoms with Crippen molar-refractivity contribution in [3.63, 3.8) is 0 Å². The molecule has 4 heteroatoms. The van der Waals surface area contributed by atoms with E-state index < -0.39 is 0 Å². The molecule has 1 N–H and O–H groups in total. The Labute approximate surface area is 95.2 Å². The van der Waals surface area contributed by atoms with Gasteiger partial charge in [-0.2, -0.15) is 0 Å². The van der Waals surface area contributed by atoms with Gasteiger partial charge in [0.1, 0.15) is 5.01 Å². The van der Waals surface area contributed by atoms with Gasteiger partial charge in [0.05, 0.1) is 18.9 Å². The predicted molar refractivity (Wildman–Crippen MR) is 64.0 cm³/mol. The first-order valence-electron chi connectivity index (χ1n) is 5.19. The van der Waals surface area contributed by atoms with Crippen LogP contribution >= 0.6 is 11.3 Å². The molecule has 0 radical (unpaired) electrons. The van der Waals surface area contributed by atoms with Gasteiger partial charge in [-0.1, -0.05) is 13.0 Å². The molecule has 15 heavy (non-hydrogen) atoms. The standard InChI is InChI=1S/C11H18N2OS/c1-3-5-12-7-11-13-10(9-15-11)8-14-6-4-2/h4,9,12H,2-3,5-8H2,1H3. The lowest BCUT2D eigenvalue weighted by Crippen LogP contribution is -2.13. The largest absolute Gasteiger partial charge is 0.371 e. The highest BCUT2D eigenvalue weighted by atomic mass is 32.1. The van der Waals surface area contributed by atoms with Crippen molar-refractivity contribution in [1.82, 2.24) is 10.3 Å². The van der Waals surface area contributed by atoms with Gasteiger partial charge < -0.3 is 10.1 Å². The fourth-order valence-corrected chi connectivity index (χ4v) is 1.86. The molecule has 1 rings (SSSR count). The van der Waals surface area contributed by atoms with Gasteiger partial charge in [0, 0.05) is 11.9 Å². The summed E-state index contributed by atoms with van der Waals surface area (Å²) in [5.74, 6) is 0. The molecule has 0 amide bonds. The zero-order valence-electron chi connectivity index (χ0n) is 9.16. The maximum Gasteiger partial charge on any atom is 0.107 e. The highest BCUT2D eigenvalue weighted by molar-refractivity contribution is 7.09. The molecule has 1 aromatic rings. The summed E-state index contributed by atoms with van der Waals surface area (Å²) < 4.78 is 5.31. The van der Waals surface area contributed by atoms with Crippen molar-refractivity contribution in [2.24, 2.45) is 0 Å². The molecule has 0 fully saturated rings. The van der Waals surface area contributed by atoms with Gasteiger partial charge in [0.15, 0.2) is 0 Å². The monoisotopic (exact) mass is 226 g/mol. The summed E-state index contributed by atoms with van der Waals surface area (Å²) in [4.78, 5) is 4.45. The van der Waals surface area contributed by atoms with Crippen molar-refractivity contribution < 1.29 is 4.74 Å². The minimum absolute atomic E-state index is 0.580. The van der Waals surface area contributed by atoms with E-state index in [9.17, 15) is 0 Å². The van der Waals surface area contributed by atoms with Gasteiger partial charge in [-0.05, 0) is 13.0 Å². The van der Waals surface area contributed by atoms with Crippen LogP contribution in [0.5, 0.6) is 0 Å². The molecule has 0 atom stereocenters. The number of aromatic nitrogens is 1. The summed E-state index contributed by atoms with van der Waals surface area (Å²) in [6.45, 7) is 8.82. The smallest absolute Gasteiger partial charge is 0.107 e. The topological polar surface area (TPSA) is 34.1 Å². The average Bonchev–Trinajstić information content (AvgIpc) is 2.67. The second kappa shape index (κ2) is 7.56. The molecule has 3 nitrogen and oxygen atoms in total. The van der Waals surface area contributed by atoms with Crippen molar-refractivity contribution in [3.05, 3.63) is 28.7 Å². The number of nitrogens with zero attached hydrogens (tertiary/aromatic N) is 1. The Hall–Kier alpha value is -0.710. The van der Waals surface area contributed by atoms with Crippen LogP contribution in [0.4, 0.5) is 0 Å². The van der Waals surface area contributed by atoms with Crippen molar-refractivity contribution >= 4 is 11.3 Å². The Morgan fingerprint density at radius 1 is 1.67 bits per heavy atom. The van der Waals surface area contributed by atoms with Gasteiger partial charge in [0.2, 0.25) is 0 Å². The Bertz CT molecular complexity index is 286. The van der Waals surface area contributed by atoms with E-state index in [0.29, 0.717) is 13.2 Å². The van der Waals surface area contributed by atoms with E-state index in [-0.39, 0.29) is 0 Å². The van der Waals surface area contributed by atoms with Crippen molar-refractivity contribution in [3.8, 4) is 0 Å². The number of hydrogen-bond donors (Lipinski definition) is 1. The van der Waals surface area contributed by atoms with Crippen LogP contribution in [0, 0.1) is 0 Å². The number of rotatable bonds is 8. The zero-order chi connectivity index (χ0) is 10.9. The Kier molecular flexibility index (Phi) is 6.23. The molecule has 84 valence electrons. The van der Waals surface area contributed by atoms with E-state index >= 15 is 0 Å². The minimum Gasteiger partial charge on any atom is -0.371 e. The van der Waals surface area contributed by atoms with Crippen LogP contribution in [0.25, 0.3) is 0 Å². The molecule has 0 aliphatic carbocycles. The van der Waals surface area contributed by atoms with Gasteiger partial charge in [0.25, 0.3) is 0 Å². The number of nitrogens with one attached hydrogen (secondary N) is 1. The van der Waals surface area contributed by atoms with Crippen molar-refractivity contribution in [1.29, 1.82) is 0 Å². The fraction of sp³-hybridized carbons (Fsp3) is 0.545. The van der Waals surface area contributed by atoms with Gasteiger partial charge >= 0.3 is 0 Å². The summed E-state index contributed by atoms with van der Waals surface area (Å²) in [7, 11) is 0. The third-order valence-electron chi connectivity index (χ3n) is 1.79. The molecule has 1 heterocycles. The van der Waals surface area contributed by atoms with Crippen LogP contribution in [0.15, 0.2) is 18.0 Å². The van der Waals surface area contributed by atoms with E-state index in [1.165, 1.54) is 0 Å². The summed E-state index contributed by atoms with van der Waals surface area (Å²) >= 11 is 1.68. The predicted octanol–water partition coefficient (Wildman–Crippen LogP) is 2.35. The first-order valence-corrected chi connectivity index (χ1v) is 6.07. The van der Waals surface area contributed by atoms with E-state index in [4.69, 9.17) is 4.74 Å². The molecule has 0 bridgehead atoms. The maximum atomic E-state index is 5.31. The second-order valence-electron chi connectivity index (χ2n) is 3.21. The molecular formula is C11H18N2OS. The third kappa shape index (κ3) is 5.06. The van der Waals surface area contributed by atoms with E-state index in [0.717, 1.165) is 30.2 Å². The molecule has 0 unspecified atom stereocenters. The Morgan fingerprint density at radius 3 is 3.27 bits per heavy atom. The SMILES string of the molecule is C=CCOCc1csc(CNCCC)n1. The first-order chi connectivity index (χ1) is 7.36. The Balaban J connectivity index is 2.25. The summed E-state index contributed by atoms with van der Waals surface area (Å²) in [6, 6.07) is 0. The van der Waals surface area contributed by atoms with Crippen LogP contribution < -0.4 is 5.32 Å². The van der Waals surface area contributed by atoms with E-state index in [1.807, 2.05) is 5.38 Å². The van der Waals surface area contributed by atoms with Crippen LogP contribution in [-0.4, -0.2) is 18.1 Å². The van der Waals surface area contributed by atoms with Crippen LogP contribution in [0.3, 0.4) is 0 Å². The fourth-order valence-electron chi connectivity index (χ4n) is 1.12. The molecule has 0 aliphatic rings.